The number of nitro groups is 1. The van der Waals surface area contributed by atoms with Crippen molar-refractivity contribution in [2.75, 3.05) is 13.2 Å². The van der Waals surface area contributed by atoms with Gasteiger partial charge in [-0.3, -0.25) is 19.5 Å². The maximum Gasteiger partial charge on any atom is 0.338 e. The summed E-state index contributed by atoms with van der Waals surface area (Å²) in [5.74, 6) is -0.544. The van der Waals surface area contributed by atoms with E-state index >= 15 is 0 Å². The summed E-state index contributed by atoms with van der Waals surface area (Å²) >= 11 is 4.51. The van der Waals surface area contributed by atoms with Crippen molar-refractivity contribution in [1.82, 2.24) is 4.57 Å². The lowest BCUT2D eigenvalue weighted by molar-refractivity contribution is -0.386. The topological polar surface area (TPSA) is 149 Å². The molecule has 14 heteroatoms. The van der Waals surface area contributed by atoms with Crippen LogP contribution < -0.4 is 24.4 Å². The third-order valence-electron chi connectivity index (χ3n) is 7.48. The average Bonchev–Trinajstić information content (AvgIpc) is 3.37. The summed E-state index contributed by atoms with van der Waals surface area (Å²) in [6.07, 6.45) is 1.36. The maximum absolute atomic E-state index is 14.2. The quantitative estimate of drug-likeness (QED) is 0.0961. The van der Waals surface area contributed by atoms with E-state index in [1.54, 1.807) is 69.3 Å². The molecule has 2 heterocycles. The zero-order chi connectivity index (χ0) is 36.1. The number of rotatable bonds is 12. The number of hydrogen-bond acceptors (Lipinski definition) is 11. The van der Waals surface area contributed by atoms with E-state index in [2.05, 4.69) is 20.9 Å². The highest BCUT2D eigenvalue weighted by molar-refractivity contribution is 9.10. The SMILES string of the molecule is CCOC(=O)C1=C(C)N=c2s/c(=C\c3cc(Br)c(OCc4ccc(C(=O)OCC)cc4)c([N+](=O)[O-])c3)c(=O)n2[C@@H]1c1ccccc1OC(C)C. The molecule has 0 saturated carbocycles. The molecule has 0 bridgehead atoms. The monoisotopic (exact) mass is 763 g/mol. The van der Waals surface area contributed by atoms with Gasteiger partial charge in [-0.05, 0) is 92.0 Å². The second-order valence-corrected chi connectivity index (χ2v) is 13.2. The molecular weight excluding hydrogens is 730 g/mol. The molecule has 50 heavy (non-hydrogen) atoms. The van der Waals surface area contributed by atoms with Crippen LogP contribution in [-0.4, -0.2) is 40.7 Å². The summed E-state index contributed by atoms with van der Waals surface area (Å²) in [6.45, 7) is 9.25. The van der Waals surface area contributed by atoms with Crippen LogP contribution in [0.5, 0.6) is 11.5 Å². The molecule has 0 N–H and O–H groups in total. The van der Waals surface area contributed by atoms with E-state index in [4.69, 9.17) is 18.9 Å². The molecular formula is C36H34BrN3O9S. The number of thiazole rings is 1. The number of allylic oxidation sites excluding steroid dienone is 1. The normalized spacial score (nSPS) is 14.2. The van der Waals surface area contributed by atoms with Gasteiger partial charge in [-0.25, -0.2) is 14.6 Å². The van der Waals surface area contributed by atoms with Crippen LogP contribution in [0.1, 0.15) is 67.7 Å². The zero-order valence-corrected chi connectivity index (χ0v) is 30.3. The summed E-state index contributed by atoms with van der Waals surface area (Å²) < 4.78 is 24.3. The lowest BCUT2D eigenvalue weighted by Gasteiger charge is -2.26. The minimum atomic E-state index is -0.898. The van der Waals surface area contributed by atoms with Gasteiger partial charge < -0.3 is 18.9 Å². The van der Waals surface area contributed by atoms with Crippen molar-refractivity contribution in [3.63, 3.8) is 0 Å². The number of esters is 2. The first-order valence-corrected chi connectivity index (χ1v) is 17.4. The van der Waals surface area contributed by atoms with E-state index in [0.717, 1.165) is 11.3 Å². The Morgan fingerprint density at radius 1 is 1.06 bits per heavy atom. The molecule has 0 saturated heterocycles. The van der Waals surface area contributed by atoms with Crippen molar-refractivity contribution >= 4 is 51.0 Å². The number of carbonyl (C=O) groups is 2. The molecule has 0 fully saturated rings. The van der Waals surface area contributed by atoms with Gasteiger partial charge >= 0.3 is 17.6 Å². The Bertz CT molecular complexity index is 2170. The van der Waals surface area contributed by atoms with Crippen molar-refractivity contribution in [2.24, 2.45) is 4.99 Å². The van der Waals surface area contributed by atoms with Gasteiger partial charge in [-0.1, -0.05) is 41.7 Å². The summed E-state index contributed by atoms with van der Waals surface area (Å²) in [5, 5.41) is 12.2. The van der Waals surface area contributed by atoms with E-state index < -0.39 is 28.5 Å². The van der Waals surface area contributed by atoms with Crippen LogP contribution in [0.3, 0.4) is 0 Å². The van der Waals surface area contributed by atoms with Crippen molar-refractivity contribution in [1.29, 1.82) is 0 Å². The van der Waals surface area contributed by atoms with Gasteiger partial charge in [0.25, 0.3) is 5.56 Å². The van der Waals surface area contributed by atoms with E-state index in [-0.39, 0.29) is 47.5 Å². The van der Waals surface area contributed by atoms with Gasteiger partial charge in [0.05, 0.1) is 50.1 Å². The Morgan fingerprint density at radius 2 is 1.74 bits per heavy atom. The zero-order valence-electron chi connectivity index (χ0n) is 27.9. The molecule has 1 aliphatic rings. The van der Waals surface area contributed by atoms with E-state index in [9.17, 15) is 24.5 Å². The van der Waals surface area contributed by atoms with Crippen molar-refractivity contribution in [3.8, 4) is 11.5 Å². The summed E-state index contributed by atoms with van der Waals surface area (Å²) in [5.41, 5.74) is 1.85. The van der Waals surface area contributed by atoms with E-state index in [1.807, 2.05) is 19.9 Å². The molecule has 0 unspecified atom stereocenters. The molecule has 260 valence electrons. The summed E-state index contributed by atoms with van der Waals surface area (Å²) in [7, 11) is 0. The molecule has 0 aliphatic carbocycles. The van der Waals surface area contributed by atoms with Crippen LogP contribution in [0, 0.1) is 10.1 Å². The minimum Gasteiger partial charge on any atom is -0.491 e. The van der Waals surface area contributed by atoms with Crippen LogP contribution in [0.25, 0.3) is 6.08 Å². The number of benzene rings is 3. The van der Waals surface area contributed by atoms with Gasteiger partial charge in [-0.2, -0.15) is 0 Å². The highest BCUT2D eigenvalue weighted by Gasteiger charge is 2.35. The highest BCUT2D eigenvalue weighted by Crippen LogP contribution is 2.38. The molecule has 1 atom stereocenters. The number of hydrogen-bond donors (Lipinski definition) is 0. The van der Waals surface area contributed by atoms with Gasteiger partial charge in [0.2, 0.25) is 5.75 Å². The number of carbonyl (C=O) groups excluding carboxylic acids is 2. The summed E-state index contributed by atoms with van der Waals surface area (Å²) in [6, 6.07) is 15.8. The smallest absolute Gasteiger partial charge is 0.338 e. The number of nitro benzene ring substituents is 1. The van der Waals surface area contributed by atoms with Crippen LogP contribution >= 0.6 is 27.3 Å². The third-order valence-corrected chi connectivity index (χ3v) is 9.05. The van der Waals surface area contributed by atoms with Gasteiger partial charge in [0, 0.05) is 11.6 Å². The van der Waals surface area contributed by atoms with Gasteiger partial charge in [0.15, 0.2) is 4.80 Å². The maximum atomic E-state index is 14.2. The average molecular weight is 765 g/mol. The number of halogens is 1. The fourth-order valence-corrected chi connectivity index (χ4v) is 7.00. The van der Waals surface area contributed by atoms with Crippen LogP contribution in [-0.2, 0) is 20.9 Å². The number of ether oxygens (including phenoxy) is 4. The molecule has 0 amide bonds. The van der Waals surface area contributed by atoms with E-state index in [1.165, 1.54) is 16.7 Å². The predicted octanol–water partition coefficient (Wildman–Crippen LogP) is 6.01. The Labute approximate surface area is 299 Å². The predicted molar refractivity (Wildman–Crippen MR) is 190 cm³/mol. The minimum absolute atomic E-state index is 0.000424. The first-order valence-electron chi connectivity index (χ1n) is 15.7. The largest absolute Gasteiger partial charge is 0.491 e. The Balaban J connectivity index is 1.55. The molecule has 12 nitrogen and oxygen atoms in total. The molecule has 4 aromatic rings. The molecule has 5 rings (SSSR count). The fourth-order valence-electron chi connectivity index (χ4n) is 5.37. The van der Waals surface area contributed by atoms with Crippen molar-refractivity contribution < 1.29 is 33.5 Å². The Kier molecular flexibility index (Phi) is 11.3. The van der Waals surface area contributed by atoms with Crippen molar-refractivity contribution in [3.05, 3.63) is 128 Å². The van der Waals surface area contributed by atoms with Gasteiger partial charge in [0.1, 0.15) is 18.4 Å². The third kappa shape index (κ3) is 7.71. The lowest BCUT2D eigenvalue weighted by Crippen LogP contribution is -2.40. The second kappa shape index (κ2) is 15.6. The van der Waals surface area contributed by atoms with Crippen LogP contribution in [0.2, 0.25) is 0 Å². The highest BCUT2D eigenvalue weighted by atomic mass is 79.9. The number of aromatic nitrogens is 1. The van der Waals surface area contributed by atoms with Crippen molar-refractivity contribution in [2.45, 2.75) is 53.4 Å². The number of fused-ring (bicyclic) bond motifs is 1. The number of nitrogens with zero attached hydrogens (tertiary/aromatic N) is 3. The molecule has 1 aliphatic heterocycles. The second-order valence-electron chi connectivity index (χ2n) is 11.3. The molecule has 1 aromatic heterocycles. The fraction of sp³-hybridized carbons (Fsp3) is 0.278. The van der Waals surface area contributed by atoms with E-state index in [0.29, 0.717) is 43.0 Å². The number of para-hydroxylation sites is 1. The van der Waals surface area contributed by atoms with Gasteiger partial charge in [-0.15, -0.1) is 0 Å². The molecule has 0 spiro atoms. The summed E-state index contributed by atoms with van der Waals surface area (Å²) in [4.78, 5) is 56.0. The van der Waals surface area contributed by atoms with Crippen LogP contribution in [0.15, 0.2) is 86.2 Å². The Morgan fingerprint density at radius 3 is 2.40 bits per heavy atom. The molecule has 3 aromatic carbocycles. The first kappa shape index (κ1) is 36.2. The van der Waals surface area contributed by atoms with Crippen LogP contribution in [0.4, 0.5) is 5.69 Å². The Hall–Kier alpha value is -5.08. The lowest BCUT2D eigenvalue weighted by atomic mass is 9.95. The standard InChI is InChI=1S/C36H34BrN3O9S/c1-6-46-34(42)24-14-12-22(13-15-24)19-48-32-26(37)16-23(17-27(32)40(44)45)18-29-33(41)39-31(25-10-8-9-11-28(25)49-20(3)4)30(35(43)47-7-2)21(5)38-36(39)50-29/h8-18,20,31H,6-7,19H2,1-5H3/b29-18-/t31-/m1/s1. The molecule has 0 radical (unpaired) electrons. The first-order chi connectivity index (χ1) is 23.9.